The fraction of sp³-hybridized carbons (Fsp3) is 0.556. The molecule has 2 aliphatic carbocycles. The van der Waals surface area contributed by atoms with Crippen molar-refractivity contribution in [2.75, 3.05) is 19.6 Å². The van der Waals surface area contributed by atoms with Crippen LogP contribution in [0.2, 0.25) is 0 Å². The van der Waals surface area contributed by atoms with Gasteiger partial charge in [-0.05, 0) is 99.4 Å². The lowest BCUT2D eigenvalue weighted by atomic mass is 9.71. The van der Waals surface area contributed by atoms with Crippen molar-refractivity contribution >= 4 is 5.97 Å². The first kappa shape index (κ1) is 21.6. The lowest BCUT2D eigenvalue weighted by molar-refractivity contribution is -0.144. The van der Waals surface area contributed by atoms with Gasteiger partial charge in [0.25, 0.3) is 0 Å². The molecule has 0 amide bonds. The standard InChI is InChI=1S/C27H33FN2O2/c28-22-6-7-23(29-18-22)17-26(9-8-21-16-24(21)20-4-2-1-3-5-20)12-14-30(15-13-26)19-27(10-11-27)25(31)32/h1-7,18,21,24H,8-17,19H2,(H,31,32)/t21-,24?/m1/s1. The van der Waals surface area contributed by atoms with Crippen LogP contribution in [0.3, 0.4) is 0 Å². The quantitative estimate of drug-likeness (QED) is 0.580. The number of carboxylic acid groups (broad SMARTS) is 1. The van der Waals surface area contributed by atoms with E-state index >= 15 is 0 Å². The number of carboxylic acids is 1. The molecule has 5 heteroatoms. The van der Waals surface area contributed by atoms with E-state index in [0.29, 0.717) is 12.5 Å². The van der Waals surface area contributed by atoms with Crippen LogP contribution in [0.5, 0.6) is 0 Å². The highest BCUT2D eigenvalue weighted by atomic mass is 19.1. The Kier molecular flexibility index (Phi) is 5.79. The fourth-order valence-electron chi connectivity index (χ4n) is 5.78. The van der Waals surface area contributed by atoms with Crippen LogP contribution in [0, 0.1) is 22.6 Å². The highest BCUT2D eigenvalue weighted by Crippen LogP contribution is 2.53. The molecule has 3 fully saturated rings. The summed E-state index contributed by atoms with van der Waals surface area (Å²) < 4.78 is 13.4. The zero-order valence-corrected chi connectivity index (χ0v) is 18.7. The topological polar surface area (TPSA) is 53.4 Å². The van der Waals surface area contributed by atoms with Crippen molar-refractivity contribution in [3.8, 4) is 0 Å². The normalized spacial score (nSPS) is 25.9. The van der Waals surface area contributed by atoms with Gasteiger partial charge in [-0.15, -0.1) is 0 Å². The van der Waals surface area contributed by atoms with Crippen LogP contribution in [0.1, 0.15) is 62.1 Å². The van der Waals surface area contributed by atoms with Gasteiger partial charge >= 0.3 is 5.97 Å². The van der Waals surface area contributed by atoms with Crippen LogP contribution in [-0.4, -0.2) is 40.6 Å². The SMILES string of the molecule is O=C(O)C1(CN2CCC(CC[C@@H]3CC3c3ccccc3)(Cc3ccc(F)cn3)CC2)CC1. The maximum atomic E-state index is 13.4. The van der Waals surface area contributed by atoms with Gasteiger partial charge in [-0.1, -0.05) is 30.3 Å². The first-order valence-electron chi connectivity index (χ1n) is 12.1. The van der Waals surface area contributed by atoms with E-state index in [2.05, 4.69) is 40.2 Å². The van der Waals surface area contributed by atoms with Gasteiger partial charge in [0, 0.05) is 12.2 Å². The molecule has 170 valence electrons. The highest BCUT2D eigenvalue weighted by molar-refractivity contribution is 5.78. The monoisotopic (exact) mass is 436 g/mol. The van der Waals surface area contributed by atoms with Gasteiger partial charge < -0.3 is 10.0 Å². The maximum Gasteiger partial charge on any atom is 0.310 e. The second kappa shape index (κ2) is 8.58. The van der Waals surface area contributed by atoms with Crippen molar-refractivity contribution in [1.82, 2.24) is 9.88 Å². The Hall–Kier alpha value is -2.27. The number of pyridine rings is 1. The number of halogens is 1. The predicted molar refractivity (Wildman–Crippen MR) is 122 cm³/mol. The highest BCUT2D eigenvalue weighted by Gasteiger charge is 2.52. The second-order valence-electron chi connectivity index (χ2n) is 10.6. The zero-order valence-electron chi connectivity index (χ0n) is 18.7. The van der Waals surface area contributed by atoms with Gasteiger partial charge in [-0.2, -0.15) is 0 Å². The number of hydrogen-bond donors (Lipinski definition) is 1. The van der Waals surface area contributed by atoms with Crippen molar-refractivity contribution in [2.45, 2.75) is 57.3 Å². The van der Waals surface area contributed by atoms with Gasteiger partial charge in [0.1, 0.15) is 5.82 Å². The second-order valence-corrected chi connectivity index (χ2v) is 10.6. The molecule has 5 rings (SSSR count). The number of nitrogens with zero attached hydrogens (tertiary/aromatic N) is 2. The summed E-state index contributed by atoms with van der Waals surface area (Å²) in [6, 6.07) is 14.2. The van der Waals surface area contributed by atoms with E-state index in [1.165, 1.54) is 30.7 Å². The summed E-state index contributed by atoms with van der Waals surface area (Å²) in [5, 5.41) is 9.56. The predicted octanol–water partition coefficient (Wildman–Crippen LogP) is 5.29. The van der Waals surface area contributed by atoms with Gasteiger partial charge in [0.2, 0.25) is 0 Å². The molecule has 1 aromatic carbocycles. The van der Waals surface area contributed by atoms with Crippen molar-refractivity contribution < 1.29 is 14.3 Å². The Morgan fingerprint density at radius 1 is 1.09 bits per heavy atom. The lowest BCUT2D eigenvalue weighted by Gasteiger charge is -2.43. The molecular weight excluding hydrogens is 403 g/mol. The van der Waals surface area contributed by atoms with E-state index in [9.17, 15) is 14.3 Å². The van der Waals surface area contributed by atoms with Crippen molar-refractivity contribution in [2.24, 2.45) is 16.7 Å². The van der Waals surface area contributed by atoms with Gasteiger partial charge in [-0.3, -0.25) is 9.78 Å². The third-order valence-corrected chi connectivity index (χ3v) is 8.29. The summed E-state index contributed by atoms with van der Waals surface area (Å²) >= 11 is 0. The van der Waals surface area contributed by atoms with Gasteiger partial charge in [0.15, 0.2) is 0 Å². The van der Waals surface area contributed by atoms with Crippen molar-refractivity contribution in [3.05, 3.63) is 65.7 Å². The summed E-state index contributed by atoms with van der Waals surface area (Å²) in [7, 11) is 0. The van der Waals surface area contributed by atoms with Crippen LogP contribution in [0.15, 0.2) is 48.7 Å². The number of benzene rings is 1. The van der Waals surface area contributed by atoms with E-state index in [0.717, 1.165) is 63.2 Å². The molecule has 0 radical (unpaired) electrons. The molecule has 1 aliphatic heterocycles. The van der Waals surface area contributed by atoms with Gasteiger partial charge in [-0.25, -0.2) is 4.39 Å². The molecule has 0 spiro atoms. The number of likely N-dealkylation sites (tertiary alicyclic amines) is 1. The van der Waals surface area contributed by atoms with E-state index in [4.69, 9.17) is 0 Å². The minimum atomic E-state index is -0.634. The number of rotatable bonds is 9. The molecular formula is C27H33FN2O2. The summed E-state index contributed by atoms with van der Waals surface area (Å²) in [5.74, 6) is 0.535. The Morgan fingerprint density at radius 2 is 1.84 bits per heavy atom. The van der Waals surface area contributed by atoms with E-state index in [1.807, 2.05) is 6.07 Å². The summed E-state index contributed by atoms with van der Waals surface area (Å²) in [6.07, 6.45) is 9.62. The molecule has 2 aromatic rings. The molecule has 2 heterocycles. The number of aromatic nitrogens is 1. The van der Waals surface area contributed by atoms with Crippen LogP contribution in [0.25, 0.3) is 0 Å². The van der Waals surface area contributed by atoms with Crippen LogP contribution >= 0.6 is 0 Å². The first-order valence-corrected chi connectivity index (χ1v) is 12.1. The number of aliphatic carboxylic acids is 1. The molecule has 1 aromatic heterocycles. The Balaban J connectivity index is 1.23. The Morgan fingerprint density at radius 3 is 2.47 bits per heavy atom. The summed E-state index contributed by atoms with van der Waals surface area (Å²) in [4.78, 5) is 18.4. The van der Waals surface area contributed by atoms with E-state index < -0.39 is 11.4 Å². The summed E-state index contributed by atoms with van der Waals surface area (Å²) in [5.41, 5.74) is 2.12. The first-order chi connectivity index (χ1) is 15.5. The van der Waals surface area contributed by atoms with Crippen LogP contribution in [-0.2, 0) is 11.2 Å². The molecule has 1 unspecified atom stereocenters. The van der Waals surface area contributed by atoms with Gasteiger partial charge in [0.05, 0.1) is 11.6 Å². The molecule has 0 bridgehead atoms. The third-order valence-electron chi connectivity index (χ3n) is 8.29. The molecule has 32 heavy (non-hydrogen) atoms. The van der Waals surface area contributed by atoms with Crippen molar-refractivity contribution in [1.29, 1.82) is 0 Å². The van der Waals surface area contributed by atoms with Crippen LogP contribution < -0.4 is 0 Å². The number of piperidine rings is 1. The van der Waals surface area contributed by atoms with Crippen LogP contribution in [0.4, 0.5) is 4.39 Å². The maximum absolute atomic E-state index is 13.4. The molecule has 1 N–H and O–H groups in total. The molecule has 4 nitrogen and oxygen atoms in total. The molecule has 2 saturated carbocycles. The lowest BCUT2D eigenvalue weighted by Crippen LogP contribution is -2.44. The Bertz CT molecular complexity index is 934. The fourth-order valence-corrected chi connectivity index (χ4v) is 5.78. The average molecular weight is 437 g/mol. The van der Waals surface area contributed by atoms with E-state index in [-0.39, 0.29) is 11.2 Å². The largest absolute Gasteiger partial charge is 0.481 e. The molecule has 3 aliphatic rings. The van der Waals surface area contributed by atoms with Crippen molar-refractivity contribution in [3.63, 3.8) is 0 Å². The zero-order chi connectivity index (χ0) is 22.2. The number of hydrogen-bond acceptors (Lipinski definition) is 3. The molecule has 2 atom stereocenters. The van der Waals surface area contributed by atoms with E-state index in [1.54, 1.807) is 0 Å². The average Bonchev–Trinajstić information content (AvgIpc) is 3.72. The summed E-state index contributed by atoms with van der Waals surface area (Å²) in [6.45, 7) is 2.58. The third kappa shape index (κ3) is 4.73. The molecule has 1 saturated heterocycles. The smallest absolute Gasteiger partial charge is 0.310 e. The Labute approximate surface area is 189 Å². The number of carbonyl (C=O) groups is 1. The minimum absolute atomic E-state index is 0.172. The minimum Gasteiger partial charge on any atom is -0.481 e.